The minimum absolute atomic E-state index is 0.122. The van der Waals surface area contributed by atoms with Crippen molar-refractivity contribution in [3.05, 3.63) is 29.6 Å². The number of thiazole rings is 1. The Morgan fingerprint density at radius 3 is 2.56 bits per heavy atom. The van der Waals surface area contributed by atoms with Crippen LogP contribution < -0.4 is 14.9 Å². The average molecular weight is 478 g/mol. The highest BCUT2D eigenvalue weighted by Crippen LogP contribution is 2.42. The molecule has 1 aromatic carbocycles. The summed E-state index contributed by atoms with van der Waals surface area (Å²) < 4.78 is 24.5. The maximum absolute atomic E-state index is 12.6. The van der Waals surface area contributed by atoms with E-state index in [4.69, 9.17) is 0 Å². The van der Waals surface area contributed by atoms with Crippen molar-refractivity contribution in [2.24, 2.45) is 5.92 Å². The maximum Gasteiger partial charge on any atom is 0.325 e. The Bertz CT molecular complexity index is 1190. The first-order valence-electron chi connectivity index (χ1n) is 9.93. The Morgan fingerprint density at radius 2 is 1.97 bits per heavy atom. The fraction of sp³-hybridized carbons (Fsp3) is 0.400. The van der Waals surface area contributed by atoms with Gasteiger partial charge in [-0.1, -0.05) is 12.1 Å². The number of urea groups is 1. The molecule has 2 fully saturated rings. The lowest BCUT2D eigenvalue weighted by Gasteiger charge is -2.20. The summed E-state index contributed by atoms with van der Waals surface area (Å²) in [4.78, 5) is 42.6. The Kier molecular flexibility index (Phi) is 5.45. The van der Waals surface area contributed by atoms with Gasteiger partial charge in [-0.3, -0.25) is 18.8 Å². The third-order valence-corrected chi connectivity index (χ3v) is 7.73. The van der Waals surface area contributed by atoms with Crippen LogP contribution in [0.2, 0.25) is 0 Å². The molecule has 1 aliphatic heterocycles. The van der Waals surface area contributed by atoms with Crippen LogP contribution in [0.1, 0.15) is 19.8 Å². The first-order chi connectivity index (χ1) is 15.0. The van der Waals surface area contributed by atoms with Gasteiger partial charge in [0.25, 0.3) is 5.91 Å². The van der Waals surface area contributed by atoms with Crippen molar-refractivity contribution in [1.82, 2.24) is 15.2 Å². The quantitative estimate of drug-likeness (QED) is 0.586. The molecule has 1 saturated carbocycles. The summed E-state index contributed by atoms with van der Waals surface area (Å²) in [6.07, 6.45) is 2.90. The van der Waals surface area contributed by atoms with Gasteiger partial charge < -0.3 is 10.6 Å². The topological polar surface area (TPSA) is 129 Å². The van der Waals surface area contributed by atoms with Crippen molar-refractivity contribution in [2.75, 3.05) is 29.5 Å². The third kappa shape index (κ3) is 4.19. The van der Waals surface area contributed by atoms with Crippen LogP contribution >= 0.6 is 11.3 Å². The van der Waals surface area contributed by atoms with Gasteiger partial charge in [-0.2, -0.15) is 0 Å². The Morgan fingerprint density at radius 1 is 1.31 bits per heavy atom. The zero-order chi connectivity index (χ0) is 23.3. The monoisotopic (exact) mass is 477 g/mol. The molecule has 12 heteroatoms. The van der Waals surface area contributed by atoms with Crippen LogP contribution in [-0.2, 0) is 19.6 Å². The largest absolute Gasteiger partial charge is 0.325 e. The van der Waals surface area contributed by atoms with Crippen LogP contribution in [0.4, 0.5) is 15.6 Å². The molecule has 4 rings (SSSR count). The number of nitrogens with zero attached hydrogens (tertiary/aromatic N) is 3. The van der Waals surface area contributed by atoms with E-state index in [-0.39, 0.29) is 18.4 Å². The molecule has 0 bridgehead atoms. The van der Waals surface area contributed by atoms with E-state index in [0.717, 1.165) is 29.6 Å². The van der Waals surface area contributed by atoms with Crippen LogP contribution in [-0.4, -0.2) is 61.5 Å². The average Bonchev–Trinajstić information content (AvgIpc) is 3.46. The number of anilines is 2. The SMILES string of the molecule is CN(c1ccc(-c2csc(NC(=O)CN3C(=O)N[C@](C)(C4CC4)C3=O)n2)cc1)S(C)(=O)=O. The van der Waals surface area contributed by atoms with E-state index in [1.807, 2.05) is 0 Å². The zero-order valence-electron chi connectivity index (χ0n) is 17.8. The van der Waals surface area contributed by atoms with E-state index in [1.54, 1.807) is 36.6 Å². The van der Waals surface area contributed by atoms with Gasteiger partial charge in [0.05, 0.1) is 17.6 Å². The molecule has 32 heavy (non-hydrogen) atoms. The van der Waals surface area contributed by atoms with Crippen LogP contribution in [0, 0.1) is 5.92 Å². The summed E-state index contributed by atoms with van der Waals surface area (Å²) in [5.74, 6) is -0.768. The molecule has 0 unspecified atom stereocenters. The number of rotatable bonds is 7. The summed E-state index contributed by atoms with van der Waals surface area (Å²) in [7, 11) is -1.88. The molecule has 0 spiro atoms. The normalized spacial score (nSPS) is 20.9. The van der Waals surface area contributed by atoms with E-state index in [2.05, 4.69) is 15.6 Å². The molecule has 0 radical (unpaired) electrons. The van der Waals surface area contributed by atoms with Gasteiger partial charge in [0.1, 0.15) is 12.1 Å². The molecule has 2 N–H and O–H groups in total. The molecule has 2 aromatic rings. The number of hydrogen-bond donors (Lipinski definition) is 2. The number of imide groups is 1. The molecule has 1 saturated heterocycles. The molecular formula is C20H23N5O5S2. The number of nitrogens with one attached hydrogen (secondary N) is 2. The molecule has 1 aliphatic carbocycles. The van der Waals surface area contributed by atoms with E-state index < -0.39 is 27.5 Å². The molecule has 4 amide bonds. The number of benzene rings is 1. The summed E-state index contributed by atoms with van der Waals surface area (Å²) in [5.41, 5.74) is 0.951. The fourth-order valence-electron chi connectivity index (χ4n) is 3.60. The predicted molar refractivity (Wildman–Crippen MR) is 121 cm³/mol. The van der Waals surface area contributed by atoms with E-state index in [9.17, 15) is 22.8 Å². The van der Waals surface area contributed by atoms with E-state index in [0.29, 0.717) is 16.5 Å². The van der Waals surface area contributed by atoms with Gasteiger partial charge >= 0.3 is 6.03 Å². The van der Waals surface area contributed by atoms with Crippen molar-refractivity contribution < 1.29 is 22.8 Å². The van der Waals surface area contributed by atoms with E-state index in [1.165, 1.54) is 22.7 Å². The standard InChI is InChI=1S/C20H23N5O5S2/c1-20(13-6-7-13)17(27)25(19(28)23-20)10-16(26)22-18-21-15(11-31-18)12-4-8-14(9-5-12)24(2)32(3,29)30/h4-5,8-9,11,13H,6-7,10H2,1-3H3,(H,23,28)(H,21,22,26)/t20-/m1/s1. The van der Waals surface area contributed by atoms with Crippen molar-refractivity contribution in [3.8, 4) is 11.3 Å². The van der Waals surface area contributed by atoms with Gasteiger partial charge in [0, 0.05) is 18.0 Å². The molecule has 2 heterocycles. The Hall–Kier alpha value is -2.99. The number of carbonyl (C=O) groups excluding carboxylic acids is 3. The summed E-state index contributed by atoms with van der Waals surface area (Å²) >= 11 is 1.21. The predicted octanol–water partition coefficient (Wildman–Crippen LogP) is 1.86. The number of amides is 4. The lowest BCUT2D eigenvalue weighted by molar-refractivity contribution is -0.134. The van der Waals surface area contributed by atoms with E-state index >= 15 is 0 Å². The lowest BCUT2D eigenvalue weighted by Crippen LogP contribution is -2.46. The van der Waals surface area contributed by atoms with Gasteiger partial charge in [-0.05, 0) is 37.8 Å². The van der Waals surface area contributed by atoms with Gasteiger partial charge in [0.15, 0.2) is 5.13 Å². The second-order valence-corrected chi connectivity index (χ2v) is 11.0. The van der Waals surface area contributed by atoms with Gasteiger partial charge in [-0.25, -0.2) is 18.2 Å². The minimum Gasteiger partial charge on any atom is -0.323 e. The molecule has 2 aliphatic rings. The molecular weight excluding hydrogens is 454 g/mol. The first-order valence-corrected chi connectivity index (χ1v) is 12.7. The number of hydrogen-bond acceptors (Lipinski definition) is 7. The lowest BCUT2D eigenvalue weighted by atomic mass is 9.96. The summed E-state index contributed by atoms with van der Waals surface area (Å²) in [6.45, 7) is 1.32. The summed E-state index contributed by atoms with van der Waals surface area (Å²) in [6, 6.07) is 6.26. The van der Waals surface area contributed by atoms with Crippen LogP contribution in [0.5, 0.6) is 0 Å². The Balaban J connectivity index is 1.40. The fourth-order valence-corrected chi connectivity index (χ4v) is 4.84. The Labute approximate surface area is 189 Å². The van der Waals surface area contributed by atoms with Crippen LogP contribution in [0.3, 0.4) is 0 Å². The van der Waals surface area contributed by atoms with Gasteiger partial charge in [-0.15, -0.1) is 11.3 Å². The number of aromatic nitrogens is 1. The van der Waals surface area contributed by atoms with Gasteiger partial charge in [0.2, 0.25) is 15.9 Å². The van der Waals surface area contributed by atoms with Crippen molar-refractivity contribution in [2.45, 2.75) is 25.3 Å². The second-order valence-electron chi connectivity index (χ2n) is 8.16. The minimum atomic E-state index is -3.35. The van der Waals surface area contributed by atoms with Crippen LogP contribution in [0.25, 0.3) is 11.3 Å². The molecule has 170 valence electrons. The first kappa shape index (κ1) is 22.2. The molecule has 10 nitrogen and oxygen atoms in total. The number of carbonyl (C=O) groups is 3. The van der Waals surface area contributed by atoms with Crippen molar-refractivity contribution >= 4 is 50.0 Å². The zero-order valence-corrected chi connectivity index (χ0v) is 19.4. The van der Waals surface area contributed by atoms with Crippen molar-refractivity contribution in [1.29, 1.82) is 0 Å². The smallest absolute Gasteiger partial charge is 0.323 e. The molecule has 1 aromatic heterocycles. The van der Waals surface area contributed by atoms with Crippen LogP contribution in [0.15, 0.2) is 29.6 Å². The second kappa shape index (κ2) is 7.85. The highest BCUT2D eigenvalue weighted by atomic mass is 32.2. The highest BCUT2D eigenvalue weighted by Gasteiger charge is 2.56. The maximum atomic E-state index is 12.6. The highest BCUT2D eigenvalue weighted by molar-refractivity contribution is 7.92. The van der Waals surface area contributed by atoms with Crippen molar-refractivity contribution in [3.63, 3.8) is 0 Å². The molecule has 1 atom stereocenters. The number of sulfonamides is 1. The summed E-state index contributed by atoms with van der Waals surface area (Å²) in [5, 5.41) is 7.43. The third-order valence-electron chi connectivity index (χ3n) is 5.77.